The third-order valence-corrected chi connectivity index (χ3v) is 3.39. The summed E-state index contributed by atoms with van der Waals surface area (Å²) in [6.07, 6.45) is 5.57. The quantitative estimate of drug-likeness (QED) is 0.935. The van der Waals surface area contributed by atoms with E-state index in [-0.39, 0.29) is 18.4 Å². The Hall–Kier alpha value is -1.46. The molecule has 19 heavy (non-hydrogen) atoms. The second-order valence-corrected chi connectivity index (χ2v) is 4.84. The molecule has 0 spiro atoms. The number of nitrogens with zero attached hydrogens (tertiary/aromatic N) is 3. The molecule has 0 aliphatic heterocycles. The number of aromatic nitrogens is 3. The summed E-state index contributed by atoms with van der Waals surface area (Å²) in [6.45, 7) is 1.82. The minimum absolute atomic E-state index is 0. The largest absolute Gasteiger partial charge is 0.337 e. The monoisotopic (exact) mass is 280 g/mol. The maximum Gasteiger partial charge on any atom is 0.243 e. The number of rotatable bonds is 3. The molecule has 1 fully saturated rings. The highest BCUT2D eigenvalue weighted by molar-refractivity contribution is 5.85. The highest BCUT2D eigenvalue weighted by Crippen LogP contribution is 2.36. The summed E-state index contributed by atoms with van der Waals surface area (Å²) in [6, 6.07) is 3.72. The molecule has 1 aliphatic rings. The van der Waals surface area contributed by atoms with Gasteiger partial charge in [0.25, 0.3) is 0 Å². The molecule has 1 saturated carbocycles. The average molecular weight is 281 g/mol. The summed E-state index contributed by atoms with van der Waals surface area (Å²) in [5, 5.41) is 3.96. The van der Waals surface area contributed by atoms with E-state index in [9.17, 15) is 0 Å². The Morgan fingerprint density at radius 3 is 2.79 bits per heavy atom. The van der Waals surface area contributed by atoms with E-state index in [1.165, 1.54) is 19.3 Å². The lowest BCUT2D eigenvalue weighted by molar-refractivity contribution is 0.362. The lowest BCUT2D eigenvalue weighted by Gasteiger charge is -2.24. The normalized spacial score (nSPS) is 16.5. The molecule has 2 N–H and O–H groups in total. The molecule has 1 atom stereocenters. The topological polar surface area (TPSA) is 77.8 Å². The van der Waals surface area contributed by atoms with Gasteiger partial charge in [0.1, 0.15) is 0 Å². The summed E-state index contributed by atoms with van der Waals surface area (Å²) in [5.74, 6) is 1.65. The summed E-state index contributed by atoms with van der Waals surface area (Å²) in [4.78, 5) is 8.71. The maximum absolute atomic E-state index is 5.71. The molecule has 2 aromatic rings. The van der Waals surface area contributed by atoms with Crippen molar-refractivity contribution in [2.24, 2.45) is 5.73 Å². The van der Waals surface area contributed by atoms with E-state index < -0.39 is 0 Å². The molecule has 0 bridgehead atoms. The second kappa shape index (κ2) is 5.67. The van der Waals surface area contributed by atoms with Crippen LogP contribution in [-0.2, 0) is 0 Å². The number of nitrogens with two attached hydrogens (primary N) is 1. The van der Waals surface area contributed by atoms with Crippen molar-refractivity contribution >= 4 is 12.4 Å². The van der Waals surface area contributed by atoms with Crippen molar-refractivity contribution in [3.63, 3.8) is 0 Å². The van der Waals surface area contributed by atoms with Gasteiger partial charge < -0.3 is 10.3 Å². The minimum Gasteiger partial charge on any atom is -0.337 e. The van der Waals surface area contributed by atoms with Gasteiger partial charge in [0.15, 0.2) is 0 Å². The molecule has 0 radical (unpaired) electrons. The molecule has 0 amide bonds. The molecule has 0 aromatic carbocycles. The Kier molecular flexibility index (Phi) is 4.17. The summed E-state index contributed by atoms with van der Waals surface area (Å²) >= 11 is 0. The van der Waals surface area contributed by atoms with Gasteiger partial charge in [0, 0.05) is 23.4 Å². The first-order valence-electron chi connectivity index (χ1n) is 6.29. The number of hydrogen-bond acceptors (Lipinski definition) is 5. The summed E-state index contributed by atoms with van der Waals surface area (Å²) in [5.41, 5.74) is 7.78. The van der Waals surface area contributed by atoms with Crippen molar-refractivity contribution in [2.75, 3.05) is 0 Å². The Morgan fingerprint density at radius 2 is 2.21 bits per heavy atom. The molecule has 0 unspecified atom stereocenters. The van der Waals surface area contributed by atoms with Crippen LogP contribution in [0.2, 0.25) is 0 Å². The zero-order valence-corrected chi connectivity index (χ0v) is 11.6. The maximum atomic E-state index is 5.71. The highest BCUT2D eigenvalue weighted by Gasteiger charge is 2.21. The van der Waals surface area contributed by atoms with E-state index in [1.54, 1.807) is 0 Å². The molecule has 3 rings (SSSR count). The van der Waals surface area contributed by atoms with E-state index in [0.29, 0.717) is 17.6 Å². The Balaban J connectivity index is 0.00000133. The van der Waals surface area contributed by atoms with Gasteiger partial charge in [-0.15, -0.1) is 12.4 Å². The van der Waals surface area contributed by atoms with Gasteiger partial charge in [-0.3, -0.25) is 4.98 Å². The molecular weight excluding hydrogens is 264 g/mol. The summed E-state index contributed by atoms with van der Waals surface area (Å²) in [7, 11) is 0. The van der Waals surface area contributed by atoms with Crippen LogP contribution in [0.3, 0.4) is 0 Å². The SMILES string of the molecule is C[C@H](N)c1nc(-c2ccnc(C3CCC3)c2)no1.Cl. The van der Waals surface area contributed by atoms with Crippen LogP contribution in [0.25, 0.3) is 11.4 Å². The van der Waals surface area contributed by atoms with Crippen LogP contribution in [0.4, 0.5) is 0 Å². The van der Waals surface area contributed by atoms with Gasteiger partial charge in [-0.1, -0.05) is 11.6 Å². The Bertz CT molecular complexity index is 551. The Labute approximate surface area is 118 Å². The van der Waals surface area contributed by atoms with Gasteiger partial charge in [-0.05, 0) is 31.9 Å². The van der Waals surface area contributed by atoms with Crippen molar-refractivity contribution in [2.45, 2.75) is 38.1 Å². The molecule has 102 valence electrons. The third kappa shape index (κ3) is 2.77. The first kappa shape index (κ1) is 14.0. The van der Waals surface area contributed by atoms with Gasteiger partial charge in [0.05, 0.1) is 6.04 Å². The van der Waals surface area contributed by atoms with Gasteiger partial charge >= 0.3 is 0 Å². The van der Waals surface area contributed by atoms with Crippen LogP contribution in [0, 0.1) is 0 Å². The minimum atomic E-state index is -0.237. The number of hydrogen-bond donors (Lipinski definition) is 1. The van der Waals surface area contributed by atoms with Crippen LogP contribution in [0.15, 0.2) is 22.9 Å². The van der Waals surface area contributed by atoms with Crippen molar-refractivity contribution in [3.05, 3.63) is 29.9 Å². The molecule has 0 saturated heterocycles. The van der Waals surface area contributed by atoms with Crippen molar-refractivity contribution < 1.29 is 4.52 Å². The van der Waals surface area contributed by atoms with Crippen LogP contribution >= 0.6 is 12.4 Å². The second-order valence-electron chi connectivity index (χ2n) is 4.84. The molecule has 2 aromatic heterocycles. The average Bonchev–Trinajstić information content (AvgIpc) is 2.76. The molecule has 5 nitrogen and oxygen atoms in total. The van der Waals surface area contributed by atoms with E-state index >= 15 is 0 Å². The number of halogens is 1. The van der Waals surface area contributed by atoms with E-state index in [2.05, 4.69) is 21.2 Å². The lowest BCUT2D eigenvalue weighted by Crippen LogP contribution is -2.10. The van der Waals surface area contributed by atoms with Crippen molar-refractivity contribution in [3.8, 4) is 11.4 Å². The van der Waals surface area contributed by atoms with Crippen LogP contribution in [-0.4, -0.2) is 15.1 Å². The molecule has 6 heteroatoms. The van der Waals surface area contributed by atoms with E-state index in [4.69, 9.17) is 10.3 Å². The van der Waals surface area contributed by atoms with Crippen molar-refractivity contribution in [1.29, 1.82) is 0 Å². The highest BCUT2D eigenvalue weighted by atomic mass is 35.5. The molecular formula is C13H17ClN4O. The number of pyridine rings is 1. The zero-order chi connectivity index (χ0) is 12.5. The third-order valence-electron chi connectivity index (χ3n) is 3.39. The molecule has 2 heterocycles. The van der Waals surface area contributed by atoms with Crippen LogP contribution < -0.4 is 5.73 Å². The fourth-order valence-corrected chi connectivity index (χ4v) is 2.05. The lowest BCUT2D eigenvalue weighted by atomic mass is 9.82. The molecule has 1 aliphatic carbocycles. The van der Waals surface area contributed by atoms with Crippen molar-refractivity contribution in [1.82, 2.24) is 15.1 Å². The van der Waals surface area contributed by atoms with E-state index in [1.807, 2.05) is 19.2 Å². The van der Waals surface area contributed by atoms with Gasteiger partial charge in [-0.2, -0.15) is 4.98 Å². The van der Waals surface area contributed by atoms with E-state index in [0.717, 1.165) is 11.3 Å². The fourth-order valence-electron chi connectivity index (χ4n) is 2.05. The van der Waals surface area contributed by atoms with Gasteiger partial charge in [-0.25, -0.2) is 0 Å². The zero-order valence-electron chi connectivity index (χ0n) is 10.7. The first-order valence-corrected chi connectivity index (χ1v) is 6.29. The van der Waals surface area contributed by atoms with Crippen LogP contribution in [0.1, 0.15) is 49.7 Å². The Morgan fingerprint density at radius 1 is 1.42 bits per heavy atom. The fraction of sp³-hybridized carbons (Fsp3) is 0.462. The van der Waals surface area contributed by atoms with Crippen LogP contribution in [0.5, 0.6) is 0 Å². The standard InChI is InChI=1S/C13H16N4O.ClH/c1-8(14)13-16-12(17-18-13)10-5-6-15-11(7-10)9-3-2-4-9;/h5-9H,2-4,14H2,1H3;1H/t8-;/m0./s1. The predicted molar refractivity (Wildman–Crippen MR) is 74.0 cm³/mol. The predicted octanol–water partition coefficient (Wildman–Crippen LogP) is 2.84. The summed E-state index contributed by atoms with van der Waals surface area (Å²) < 4.78 is 5.11. The smallest absolute Gasteiger partial charge is 0.243 e. The van der Waals surface area contributed by atoms with Gasteiger partial charge in [0.2, 0.25) is 11.7 Å². The first-order chi connectivity index (χ1) is 8.74.